The van der Waals surface area contributed by atoms with Gasteiger partial charge in [0.15, 0.2) is 0 Å². The molecule has 1 saturated heterocycles. The van der Waals surface area contributed by atoms with E-state index in [1.807, 2.05) is 50.4 Å². The van der Waals surface area contributed by atoms with Gasteiger partial charge in [-0.15, -0.1) is 0 Å². The van der Waals surface area contributed by atoms with Crippen molar-refractivity contribution in [3.63, 3.8) is 0 Å². The molecule has 1 aliphatic rings. The van der Waals surface area contributed by atoms with Crippen LogP contribution in [-0.4, -0.2) is 42.0 Å². The van der Waals surface area contributed by atoms with E-state index < -0.39 is 0 Å². The Labute approximate surface area is 155 Å². The third kappa shape index (κ3) is 5.30. The summed E-state index contributed by atoms with van der Waals surface area (Å²) in [6, 6.07) is 9.81. The van der Waals surface area contributed by atoms with Gasteiger partial charge >= 0.3 is 0 Å². The van der Waals surface area contributed by atoms with Gasteiger partial charge in [-0.3, -0.25) is 14.7 Å². The number of rotatable bonds is 6. The maximum Gasteiger partial charge on any atom is 0.238 e. The first-order chi connectivity index (χ1) is 12.6. The van der Waals surface area contributed by atoms with Crippen LogP contribution in [0, 0.1) is 19.8 Å². The monoisotopic (exact) mass is 353 g/mol. The molecule has 0 radical (unpaired) electrons. The molecular formula is C21H27N3O2. The topological polar surface area (TPSA) is 54.5 Å². The van der Waals surface area contributed by atoms with Gasteiger partial charge in [-0.25, -0.2) is 0 Å². The Morgan fingerprint density at radius 1 is 1.19 bits per heavy atom. The van der Waals surface area contributed by atoms with E-state index in [1.54, 1.807) is 6.20 Å². The number of pyridine rings is 1. The third-order valence-corrected chi connectivity index (χ3v) is 4.85. The number of carbonyl (C=O) groups excluding carboxylic acids is 1. The highest BCUT2D eigenvalue weighted by molar-refractivity contribution is 5.92. The molecule has 3 rings (SSSR count). The van der Waals surface area contributed by atoms with E-state index in [1.165, 1.54) is 5.56 Å². The van der Waals surface area contributed by atoms with Crippen LogP contribution in [0.1, 0.15) is 24.0 Å². The van der Waals surface area contributed by atoms with Gasteiger partial charge in [-0.05, 0) is 63.9 Å². The van der Waals surface area contributed by atoms with Gasteiger partial charge in [0.2, 0.25) is 5.91 Å². The third-order valence-electron chi connectivity index (χ3n) is 4.85. The van der Waals surface area contributed by atoms with Crippen molar-refractivity contribution in [2.24, 2.45) is 5.92 Å². The minimum atomic E-state index is 0.0518. The van der Waals surface area contributed by atoms with Crippen LogP contribution in [0.15, 0.2) is 42.7 Å². The van der Waals surface area contributed by atoms with Crippen molar-refractivity contribution in [1.29, 1.82) is 0 Å². The van der Waals surface area contributed by atoms with E-state index in [4.69, 9.17) is 4.74 Å². The van der Waals surface area contributed by atoms with E-state index in [9.17, 15) is 4.79 Å². The molecule has 0 atom stereocenters. The largest absolute Gasteiger partial charge is 0.493 e. The lowest BCUT2D eigenvalue weighted by Crippen LogP contribution is -2.40. The summed E-state index contributed by atoms with van der Waals surface area (Å²) >= 11 is 0. The van der Waals surface area contributed by atoms with Gasteiger partial charge in [-0.2, -0.15) is 0 Å². The number of hydrogen-bond acceptors (Lipinski definition) is 4. The summed E-state index contributed by atoms with van der Waals surface area (Å²) in [5.41, 5.74) is 3.11. The number of hydrogen-bond donors (Lipinski definition) is 1. The number of benzene rings is 1. The zero-order valence-corrected chi connectivity index (χ0v) is 15.6. The number of piperidine rings is 1. The van der Waals surface area contributed by atoms with Crippen LogP contribution in [-0.2, 0) is 4.79 Å². The predicted molar refractivity (Wildman–Crippen MR) is 103 cm³/mol. The lowest BCUT2D eigenvalue weighted by atomic mass is 9.98. The van der Waals surface area contributed by atoms with Gasteiger partial charge in [0, 0.05) is 23.6 Å². The van der Waals surface area contributed by atoms with Crippen molar-refractivity contribution in [1.82, 2.24) is 9.88 Å². The average molecular weight is 353 g/mol. The smallest absolute Gasteiger partial charge is 0.238 e. The molecule has 1 N–H and O–H groups in total. The average Bonchev–Trinajstić information content (AvgIpc) is 2.64. The Kier molecular flexibility index (Phi) is 6.23. The van der Waals surface area contributed by atoms with Crippen LogP contribution in [0.4, 0.5) is 5.69 Å². The highest BCUT2D eigenvalue weighted by atomic mass is 16.5. The second-order valence-corrected chi connectivity index (χ2v) is 7.09. The number of likely N-dealkylation sites (tertiary alicyclic amines) is 1. The van der Waals surface area contributed by atoms with Gasteiger partial charge in [0.05, 0.1) is 13.2 Å². The number of nitrogens with one attached hydrogen (secondary N) is 1. The van der Waals surface area contributed by atoms with Crippen LogP contribution in [0.2, 0.25) is 0 Å². The molecule has 0 unspecified atom stereocenters. The highest BCUT2D eigenvalue weighted by Crippen LogP contribution is 2.21. The number of ether oxygens (including phenoxy) is 1. The van der Waals surface area contributed by atoms with Gasteiger partial charge in [0.25, 0.3) is 0 Å². The van der Waals surface area contributed by atoms with Crippen molar-refractivity contribution in [3.8, 4) is 5.75 Å². The fourth-order valence-electron chi connectivity index (χ4n) is 3.18. The molecule has 2 heterocycles. The summed E-state index contributed by atoms with van der Waals surface area (Å²) in [4.78, 5) is 18.5. The number of amides is 1. The molecule has 0 spiro atoms. The minimum absolute atomic E-state index is 0.0518. The van der Waals surface area contributed by atoms with Crippen LogP contribution in [0.5, 0.6) is 5.75 Å². The summed E-state index contributed by atoms with van der Waals surface area (Å²) in [6.07, 6.45) is 5.70. The maximum atomic E-state index is 12.2. The highest BCUT2D eigenvalue weighted by Gasteiger charge is 2.21. The lowest BCUT2D eigenvalue weighted by molar-refractivity contribution is -0.117. The standard InChI is InChI=1S/C21H27N3O2/c1-16-3-5-19(6-4-16)23-21(25)14-24-11-8-18(9-12-24)15-26-20-7-10-22-13-17(20)2/h3-7,10,13,18H,8-9,11-12,14-15H2,1-2H3,(H,23,25). The maximum absolute atomic E-state index is 12.2. The summed E-state index contributed by atoms with van der Waals surface area (Å²) in [5.74, 6) is 1.51. The number of carbonyl (C=O) groups is 1. The fourth-order valence-corrected chi connectivity index (χ4v) is 3.18. The molecule has 0 saturated carbocycles. The molecule has 1 fully saturated rings. The van der Waals surface area contributed by atoms with Gasteiger partial charge in [-0.1, -0.05) is 17.7 Å². The van der Waals surface area contributed by atoms with E-state index in [2.05, 4.69) is 15.2 Å². The Hall–Kier alpha value is -2.40. The Bertz CT molecular complexity index is 722. The van der Waals surface area contributed by atoms with E-state index in [0.717, 1.165) is 49.5 Å². The van der Waals surface area contributed by atoms with Crippen molar-refractivity contribution in [2.45, 2.75) is 26.7 Å². The first kappa shape index (κ1) is 18.4. The quantitative estimate of drug-likeness (QED) is 0.864. The summed E-state index contributed by atoms with van der Waals surface area (Å²) in [6.45, 7) is 7.10. The molecule has 5 nitrogen and oxygen atoms in total. The Morgan fingerprint density at radius 3 is 2.62 bits per heavy atom. The number of aryl methyl sites for hydroxylation is 2. The molecular weight excluding hydrogens is 326 g/mol. The van der Waals surface area contributed by atoms with Gasteiger partial charge < -0.3 is 10.1 Å². The first-order valence-corrected chi connectivity index (χ1v) is 9.22. The fraction of sp³-hybridized carbons (Fsp3) is 0.429. The molecule has 138 valence electrons. The second-order valence-electron chi connectivity index (χ2n) is 7.09. The zero-order valence-electron chi connectivity index (χ0n) is 15.6. The molecule has 1 aliphatic heterocycles. The van der Waals surface area contributed by atoms with Crippen molar-refractivity contribution in [3.05, 3.63) is 53.9 Å². The van der Waals surface area contributed by atoms with E-state index >= 15 is 0 Å². The normalized spacial score (nSPS) is 15.6. The van der Waals surface area contributed by atoms with Crippen LogP contribution in [0.3, 0.4) is 0 Å². The number of nitrogens with zero attached hydrogens (tertiary/aromatic N) is 2. The summed E-state index contributed by atoms with van der Waals surface area (Å²) < 4.78 is 5.94. The second kappa shape index (κ2) is 8.81. The van der Waals surface area contributed by atoms with Crippen molar-refractivity contribution < 1.29 is 9.53 Å². The molecule has 1 aromatic heterocycles. The Morgan fingerprint density at radius 2 is 1.92 bits per heavy atom. The molecule has 1 aromatic carbocycles. The number of anilines is 1. The minimum Gasteiger partial charge on any atom is -0.493 e. The molecule has 2 aromatic rings. The Balaban J connectivity index is 1.38. The van der Waals surface area contributed by atoms with Crippen molar-refractivity contribution in [2.75, 3.05) is 31.6 Å². The lowest BCUT2D eigenvalue weighted by Gasteiger charge is -2.31. The number of aromatic nitrogens is 1. The van der Waals surface area contributed by atoms with E-state index in [0.29, 0.717) is 12.5 Å². The predicted octanol–water partition coefficient (Wildman–Crippen LogP) is 3.43. The van der Waals surface area contributed by atoms with Crippen molar-refractivity contribution >= 4 is 11.6 Å². The zero-order chi connectivity index (χ0) is 18.4. The molecule has 5 heteroatoms. The first-order valence-electron chi connectivity index (χ1n) is 9.22. The molecule has 1 amide bonds. The van der Waals surface area contributed by atoms with Crippen LogP contribution < -0.4 is 10.1 Å². The van der Waals surface area contributed by atoms with Crippen LogP contribution >= 0.6 is 0 Å². The SMILES string of the molecule is Cc1ccc(NC(=O)CN2CCC(COc3ccncc3C)CC2)cc1. The summed E-state index contributed by atoms with van der Waals surface area (Å²) in [7, 11) is 0. The molecule has 0 aliphatic carbocycles. The summed E-state index contributed by atoms with van der Waals surface area (Å²) in [5, 5.41) is 2.97. The van der Waals surface area contributed by atoms with Gasteiger partial charge in [0.1, 0.15) is 5.75 Å². The van der Waals surface area contributed by atoms with E-state index in [-0.39, 0.29) is 5.91 Å². The van der Waals surface area contributed by atoms with Crippen LogP contribution in [0.25, 0.3) is 0 Å². The molecule has 0 bridgehead atoms. The molecule has 26 heavy (non-hydrogen) atoms.